The first-order valence-corrected chi connectivity index (χ1v) is 16.0. The van der Waals surface area contributed by atoms with Crippen LogP contribution in [0.15, 0.2) is 69.0 Å². The minimum atomic E-state index is -0.920. The molecule has 1 fully saturated rings. The van der Waals surface area contributed by atoms with E-state index in [-0.39, 0.29) is 23.6 Å². The minimum absolute atomic E-state index is 0.128. The van der Waals surface area contributed by atoms with Crippen LogP contribution in [-0.4, -0.2) is 93.8 Å². The van der Waals surface area contributed by atoms with Crippen LogP contribution in [0, 0.1) is 6.92 Å². The van der Waals surface area contributed by atoms with Gasteiger partial charge in [0.05, 0.1) is 20.4 Å². The molecule has 0 aliphatic carbocycles. The normalized spacial score (nSPS) is 19.3. The molecule has 1 saturated heterocycles. The van der Waals surface area contributed by atoms with E-state index in [2.05, 4.69) is 52.1 Å². The second kappa shape index (κ2) is 13.8. The number of aryl methyl sites for hydroxylation is 1. The van der Waals surface area contributed by atoms with Gasteiger partial charge in [0.25, 0.3) is 11.9 Å². The van der Waals surface area contributed by atoms with E-state index in [0.717, 1.165) is 25.1 Å². The number of carbonyl (C=O) groups is 1. The first kappa shape index (κ1) is 31.1. The number of likely N-dealkylation sites (tertiary alicyclic amines) is 1. The third-order valence-corrected chi connectivity index (χ3v) is 8.30. The highest BCUT2D eigenvalue weighted by atomic mass is 32.3. The Labute approximate surface area is 239 Å². The van der Waals surface area contributed by atoms with Gasteiger partial charge in [-0.05, 0) is 80.8 Å². The Balaban J connectivity index is 1.71. The SMILES string of the molecule is COC(=C\NC(=O)C1=CCC=C(Oc2cc(S(C)(C)C)ccc2C)O1)/N=C(\N=C(/C)OC)N(C)C1CCN(C)C1. The Bertz CT molecular complexity index is 1230. The van der Waals surface area contributed by atoms with Crippen LogP contribution in [0.1, 0.15) is 25.3 Å². The average molecular weight is 574 g/mol. The molecule has 11 heteroatoms. The van der Waals surface area contributed by atoms with Crippen LogP contribution in [0.2, 0.25) is 0 Å². The van der Waals surface area contributed by atoms with Gasteiger partial charge in [-0.1, -0.05) is 6.07 Å². The number of methoxy groups -OCH3 is 2. The smallest absolute Gasteiger partial charge is 0.290 e. The van der Waals surface area contributed by atoms with E-state index < -0.39 is 15.9 Å². The number of carbonyl (C=O) groups excluding carboxylic acids is 1. The molecule has 1 atom stereocenters. The van der Waals surface area contributed by atoms with Crippen molar-refractivity contribution in [1.29, 1.82) is 0 Å². The van der Waals surface area contributed by atoms with E-state index in [9.17, 15) is 4.79 Å². The molecular formula is C29H43N5O5S. The number of ether oxygens (including phenoxy) is 4. The molecule has 2 aliphatic rings. The molecule has 40 heavy (non-hydrogen) atoms. The summed E-state index contributed by atoms with van der Waals surface area (Å²) in [5.41, 5.74) is 0.986. The summed E-state index contributed by atoms with van der Waals surface area (Å²) in [6, 6.07) is 6.46. The maximum Gasteiger partial charge on any atom is 0.290 e. The van der Waals surface area contributed by atoms with Crippen molar-refractivity contribution in [3.05, 3.63) is 59.7 Å². The van der Waals surface area contributed by atoms with Crippen LogP contribution in [0.3, 0.4) is 0 Å². The van der Waals surface area contributed by atoms with Gasteiger partial charge in [0.1, 0.15) is 5.75 Å². The summed E-state index contributed by atoms with van der Waals surface area (Å²) in [4.78, 5) is 27.5. The summed E-state index contributed by atoms with van der Waals surface area (Å²) in [5, 5.41) is 2.70. The molecule has 0 spiro atoms. The quantitative estimate of drug-likeness (QED) is 0.283. The van der Waals surface area contributed by atoms with Crippen molar-refractivity contribution in [2.24, 2.45) is 9.98 Å². The lowest BCUT2D eigenvalue weighted by Crippen LogP contribution is -2.38. The lowest BCUT2D eigenvalue weighted by molar-refractivity contribution is -0.120. The van der Waals surface area contributed by atoms with Crippen LogP contribution in [0.25, 0.3) is 0 Å². The van der Waals surface area contributed by atoms with Crippen LogP contribution >= 0.6 is 10.0 Å². The molecule has 2 aliphatic heterocycles. The van der Waals surface area contributed by atoms with Gasteiger partial charge in [-0.25, -0.2) is 10.0 Å². The topological polar surface area (TPSA) is 97.2 Å². The number of rotatable bonds is 8. The van der Waals surface area contributed by atoms with E-state index in [1.54, 1.807) is 26.2 Å². The predicted octanol–water partition coefficient (Wildman–Crippen LogP) is 4.19. The Morgan fingerprint density at radius 1 is 1.20 bits per heavy atom. The third-order valence-electron chi connectivity index (χ3n) is 6.63. The zero-order valence-corrected chi connectivity index (χ0v) is 25.9. The number of hydrogen-bond donors (Lipinski definition) is 1. The van der Waals surface area contributed by atoms with Crippen molar-refractivity contribution in [3.8, 4) is 5.75 Å². The van der Waals surface area contributed by atoms with E-state index in [0.29, 0.717) is 24.0 Å². The van der Waals surface area contributed by atoms with Crippen molar-refractivity contribution in [3.63, 3.8) is 0 Å². The molecule has 0 bridgehead atoms. The van der Waals surface area contributed by atoms with Gasteiger partial charge in [0.15, 0.2) is 11.7 Å². The molecule has 0 radical (unpaired) electrons. The molecule has 1 amide bonds. The highest BCUT2D eigenvalue weighted by Gasteiger charge is 2.26. The molecule has 220 valence electrons. The van der Waals surface area contributed by atoms with Gasteiger partial charge >= 0.3 is 0 Å². The molecule has 0 aromatic heterocycles. The molecule has 10 nitrogen and oxygen atoms in total. The van der Waals surface area contributed by atoms with Crippen LogP contribution in [0.4, 0.5) is 0 Å². The van der Waals surface area contributed by atoms with Crippen molar-refractivity contribution in [2.75, 3.05) is 60.2 Å². The van der Waals surface area contributed by atoms with Gasteiger partial charge < -0.3 is 34.1 Å². The maximum atomic E-state index is 13.0. The number of guanidine groups is 1. The van der Waals surface area contributed by atoms with E-state index in [1.165, 1.54) is 18.2 Å². The summed E-state index contributed by atoms with van der Waals surface area (Å²) in [5.74, 6) is 1.70. The molecule has 1 aromatic rings. The van der Waals surface area contributed by atoms with Crippen LogP contribution < -0.4 is 10.1 Å². The zero-order chi connectivity index (χ0) is 29.4. The van der Waals surface area contributed by atoms with E-state index >= 15 is 0 Å². The Kier molecular flexibility index (Phi) is 10.7. The van der Waals surface area contributed by atoms with Crippen molar-refractivity contribution < 1.29 is 23.7 Å². The number of benzene rings is 1. The van der Waals surface area contributed by atoms with E-state index in [4.69, 9.17) is 18.9 Å². The summed E-state index contributed by atoms with van der Waals surface area (Å²) in [6.45, 7) is 5.63. The van der Waals surface area contributed by atoms with Gasteiger partial charge in [-0.15, -0.1) is 0 Å². The van der Waals surface area contributed by atoms with Gasteiger partial charge in [-0.2, -0.15) is 9.98 Å². The number of amides is 1. The standard InChI is InChI=1S/C29H43N5O5S/c1-20-13-14-23(40(7,8)9)17-25(20)39-27-12-10-11-24(38-27)28(35)30-18-26(37-6)32-29(31-21(2)36-5)34(4)22-15-16-33(3)19-22/h11-14,17-18,22H,10,15-16,19H2,1-9H3,(H,30,35)/b26-18-,31-21+,32-29+. The van der Waals surface area contributed by atoms with Crippen molar-refractivity contribution in [1.82, 2.24) is 15.1 Å². The number of nitrogens with zero attached hydrogens (tertiary/aromatic N) is 4. The summed E-state index contributed by atoms with van der Waals surface area (Å²) in [7, 11) is 6.15. The van der Waals surface area contributed by atoms with E-state index in [1.807, 2.05) is 31.0 Å². The molecule has 1 N–H and O–H groups in total. The maximum absolute atomic E-state index is 13.0. The molecule has 1 unspecified atom stereocenters. The Morgan fingerprint density at radius 2 is 1.95 bits per heavy atom. The minimum Gasteiger partial charge on any atom is -0.484 e. The lowest BCUT2D eigenvalue weighted by Gasteiger charge is -2.27. The number of hydrogen-bond acceptors (Lipinski definition) is 7. The number of aliphatic imine (C=N–C) groups is 2. The number of likely N-dealkylation sites (N-methyl/N-ethyl adjacent to an activating group) is 2. The molecule has 2 heterocycles. The Hall–Kier alpha value is -3.44. The number of allylic oxidation sites excluding steroid dienone is 2. The second-order valence-corrected chi connectivity index (χ2v) is 14.7. The van der Waals surface area contributed by atoms with Gasteiger partial charge in [-0.3, -0.25) is 4.79 Å². The fraction of sp³-hybridized carbons (Fsp3) is 0.483. The predicted molar refractivity (Wildman–Crippen MR) is 162 cm³/mol. The van der Waals surface area contributed by atoms with Crippen molar-refractivity contribution >= 4 is 27.8 Å². The van der Waals surface area contributed by atoms with Crippen molar-refractivity contribution in [2.45, 2.75) is 37.6 Å². The molecule has 0 saturated carbocycles. The fourth-order valence-corrected chi connectivity index (χ4v) is 4.97. The average Bonchev–Trinajstić information content (AvgIpc) is 3.36. The van der Waals surface area contributed by atoms with Gasteiger partial charge in [0.2, 0.25) is 11.8 Å². The summed E-state index contributed by atoms with van der Waals surface area (Å²) >= 11 is 0. The number of nitrogens with one attached hydrogen (secondary N) is 1. The monoisotopic (exact) mass is 573 g/mol. The zero-order valence-electron chi connectivity index (χ0n) is 25.1. The third kappa shape index (κ3) is 8.53. The largest absolute Gasteiger partial charge is 0.484 e. The molecule has 1 aromatic carbocycles. The molecular weight excluding hydrogens is 530 g/mol. The fourth-order valence-electron chi connectivity index (χ4n) is 4.03. The Morgan fingerprint density at radius 3 is 2.58 bits per heavy atom. The second-order valence-electron chi connectivity index (χ2n) is 10.5. The van der Waals surface area contributed by atoms with Crippen LogP contribution in [-0.2, 0) is 19.0 Å². The van der Waals surface area contributed by atoms with Gasteiger partial charge in [0, 0.05) is 32.6 Å². The lowest BCUT2D eigenvalue weighted by atomic mass is 10.2. The first-order chi connectivity index (χ1) is 18.9. The highest BCUT2D eigenvalue weighted by molar-refractivity contribution is 8.32. The highest BCUT2D eigenvalue weighted by Crippen LogP contribution is 2.46. The summed E-state index contributed by atoms with van der Waals surface area (Å²) < 4.78 is 22.6. The van der Waals surface area contributed by atoms with Crippen LogP contribution in [0.5, 0.6) is 5.75 Å². The molecule has 3 rings (SSSR count). The first-order valence-electron chi connectivity index (χ1n) is 13.1. The summed E-state index contributed by atoms with van der Waals surface area (Å²) in [6.07, 6.45) is 13.0.